The molecule has 2 nitrogen and oxygen atoms in total. The number of hydrogen-bond acceptors (Lipinski definition) is 2. The number of aliphatic carboxylic acids is 1. The summed E-state index contributed by atoms with van der Waals surface area (Å²) in [5.41, 5.74) is 0. The van der Waals surface area contributed by atoms with Crippen LogP contribution in [0, 0.1) is 0 Å². The summed E-state index contributed by atoms with van der Waals surface area (Å²) in [6, 6.07) is 2.08. The number of halogens is 2. The van der Waals surface area contributed by atoms with Crippen molar-refractivity contribution in [1.29, 1.82) is 0 Å². The molecule has 1 aromatic heterocycles. The molecule has 0 aromatic carbocycles. The number of thiophene rings is 1. The molecule has 0 saturated carbocycles. The number of hydrogen-bond donors (Lipinski definition) is 1. The van der Waals surface area contributed by atoms with Crippen LogP contribution < -0.4 is 0 Å². The number of carboxylic acid groups (broad SMARTS) is 1. The van der Waals surface area contributed by atoms with E-state index in [4.69, 9.17) is 5.11 Å². The lowest BCUT2D eigenvalue weighted by Gasteiger charge is -1.95. The zero-order valence-corrected chi connectivity index (χ0v) is 11.4. The predicted octanol–water partition coefficient (Wildman–Crippen LogP) is 4.07. The second kappa shape index (κ2) is 5.88. The summed E-state index contributed by atoms with van der Waals surface area (Å²) in [7, 11) is 0. The molecule has 1 N–H and O–H groups in total. The molecule has 1 aromatic rings. The lowest BCUT2D eigenvalue weighted by atomic mass is 10.2. The Labute approximate surface area is 104 Å². The molecule has 0 spiro atoms. The SMILES string of the molecule is O=C(O)CCCCc1cc(Br)c(Br)s1. The highest BCUT2D eigenvalue weighted by atomic mass is 79.9. The van der Waals surface area contributed by atoms with E-state index in [1.807, 2.05) is 0 Å². The van der Waals surface area contributed by atoms with Crippen molar-refractivity contribution in [2.45, 2.75) is 25.7 Å². The normalized spacial score (nSPS) is 10.4. The van der Waals surface area contributed by atoms with Gasteiger partial charge >= 0.3 is 5.97 Å². The van der Waals surface area contributed by atoms with Gasteiger partial charge in [-0.3, -0.25) is 4.79 Å². The average Bonchev–Trinajstić information content (AvgIpc) is 2.40. The van der Waals surface area contributed by atoms with Crippen molar-refractivity contribution in [3.63, 3.8) is 0 Å². The van der Waals surface area contributed by atoms with Crippen molar-refractivity contribution in [2.24, 2.45) is 0 Å². The van der Waals surface area contributed by atoms with Crippen LogP contribution >= 0.6 is 43.2 Å². The molecule has 5 heteroatoms. The summed E-state index contributed by atoms with van der Waals surface area (Å²) in [5, 5.41) is 8.45. The molecule has 0 unspecified atom stereocenters. The standard InChI is InChI=1S/C9H10Br2O2S/c10-7-5-6(14-9(7)11)3-1-2-4-8(12)13/h5H,1-4H2,(H,12,13). The number of aryl methyl sites for hydroxylation is 1. The zero-order chi connectivity index (χ0) is 10.6. The van der Waals surface area contributed by atoms with Gasteiger partial charge in [-0.25, -0.2) is 0 Å². The van der Waals surface area contributed by atoms with Crippen LogP contribution in [0.1, 0.15) is 24.1 Å². The molecule has 0 fully saturated rings. The van der Waals surface area contributed by atoms with Crippen LogP contribution in [0.25, 0.3) is 0 Å². The Bertz CT molecular complexity index is 303. The third kappa shape index (κ3) is 4.11. The molecule has 14 heavy (non-hydrogen) atoms. The van der Waals surface area contributed by atoms with Crippen molar-refractivity contribution in [2.75, 3.05) is 0 Å². The first-order valence-electron chi connectivity index (χ1n) is 4.25. The number of rotatable bonds is 5. The van der Waals surface area contributed by atoms with Crippen LogP contribution in [-0.4, -0.2) is 11.1 Å². The van der Waals surface area contributed by atoms with Gasteiger partial charge in [0.2, 0.25) is 0 Å². The maximum absolute atomic E-state index is 10.3. The second-order valence-corrected chi connectivity index (χ2v) is 6.24. The van der Waals surface area contributed by atoms with E-state index >= 15 is 0 Å². The van der Waals surface area contributed by atoms with E-state index in [1.165, 1.54) is 4.88 Å². The van der Waals surface area contributed by atoms with Gasteiger partial charge in [0.25, 0.3) is 0 Å². The Morgan fingerprint density at radius 2 is 2.14 bits per heavy atom. The highest BCUT2D eigenvalue weighted by Gasteiger charge is 2.04. The topological polar surface area (TPSA) is 37.3 Å². The largest absolute Gasteiger partial charge is 0.481 e. The van der Waals surface area contributed by atoms with Gasteiger partial charge in [0.1, 0.15) is 0 Å². The summed E-state index contributed by atoms with van der Waals surface area (Å²) in [6.45, 7) is 0. The smallest absolute Gasteiger partial charge is 0.303 e. The highest BCUT2D eigenvalue weighted by molar-refractivity contribution is 9.13. The minimum atomic E-state index is -0.710. The van der Waals surface area contributed by atoms with Gasteiger partial charge < -0.3 is 5.11 Å². The van der Waals surface area contributed by atoms with Gasteiger partial charge in [-0.1, -0.05) is 0 Å². The van der Waals surface area contributed by atoms with E-state index in [0.717, 1.165) is 27.5 Å². The van der Waals surface area contributed by atoms with Crippen molar-refractivity contribution >= 4 is 49.2 Å². The lowest BCUT2D eigenvalue weighted by Crippen LogP contribution is -1.94. The molecule has 0 atom stereocenters. The fraction of sp³-hybridized carbons (Fsp3) is 0.444. The van der Waals surface area contributed by atoms with Gasteiger partial charge in [-0.15, -0.1) is 11.3 Å². The molecule has 0 radical (unpaired) electrons. The van der Waals surface area contributed by atoms with Gasteiger partial charge in [-0.05, 0) is 57.2 Å². The van der Waals surface area contributed by atoms with Crippen molar-refractivity contribution in [1.82, 2.24) is 0 Å². The van der Waals surface area contributed by atoms with Crippen LogP contribution in [0.4, 0.5) is 0 Å². The molecular weight excluding hydrogens is 332 g/mol. The first kappa shape index (κ1) is 12.2. The van der Waals surface area contributed by atoms with Crippen molar-refractivity contribution in [3.05, 3.63) is 19.2 Å². The molecule has 0 aliphatic heterocycles. The van der Waals surface area contributed by atoms with Gasteiger partial charge in [0.15, 0.2) is 0 Å². The van der Waals surface area contributed by atoms with Crippen LogP contribution in [0.2, 0.25) is 0 Å². The third-order valence-corrected chi connectivity index (χ3v) is 5.08. The summed E-state index contributed by atoms with van der Waals surface area (Å²) >= 11 is 8.54. The Hall–Kier alpha value is 0.130. The molecule has 0 amide bonds. The number of carboxylic acids is 1. The Balaban J connectivity index is 2.28. The average molecular weight is 342 g/mol. The number of carbonyl (C=O) groups is 1. The summed E-state index contributed by atoms with van der Waals surface area (Å²) in [6.07, 6.45) is 2.92. The second-order valence-electron chi connectivity index (χ2n) is 2.94. The molecule has 0 bridgehead atoms. The Morgan fingerprint density at radius 3 is 2.64 bits per heavy atom. The van der Waals surface area contributed by atoms with Gasteiger partial charge in [0, 0.05) is 15.8 Å². The minimum absolute atomic E-state index is 0.272. The van der Waals surface area contributed by atoms with Crippen LogP contribution in [0.5, 0.6) is 0 Å². The first-order valence-corrected chi connectivity index (χ1v) is 6.65. The van der Waals surface area contributed by atoms with Gasteiger partial charge in [0.05, 0.1) is 3.79 Å². The van der Waals surface area contributed by atoms with Crippen molar-refractivity contribution in [3.8, 4) is 0 Å². The first-order chi connectivity index (χ1) is 6.59. The van der Waals surface area contributed by atoms with E-state index in [9.17, 15) is 4.79 Å². The van der Waals surface area contributed by atoms with Crippen molar-refractivity contribution < 1.29 is 9.90 Å². The quantitative estimate of drug-likeness (QED) is 0.819. The Kier molecular flexibility index (Phi) is 5.12. The third-order valence-electron chi connectivity index (χ3n) is 1.76. The maximum atomic E-state index is 10.3. The molecule has 78 valence electrons. The minimum Gasteiger partial charge on any atom is -0.481 e. The fourth-order valence-electron chi connectivity index (χ4n) is 1.09. The Morgan fingerprint density at radius 1 is 1.43 bits per heavy atom. The van der Waals surface area contributed by atoms with Crippen LogP contribution in [0.15, 0.2) is 14.3 Å². The molecular formula is C9H10Br2O2S. The molecule has 1 heterocycles. The summed E-state index contributed by atoms with van der Waals surface area (Å²) in [4.78, 5) is 11.5. The fourth-order valence-corrected chi connectivity index (χ4v) is 3.31. The summed E-state index contributed by atoms with van der Waals surface area (Å²) in [5.74, 6) is -0.710. The molecule has 0 aliphatic rings. The van der Waals surface area contributed by atoms with Gasteiger partial charge in [-0.2, -0.15) is 0 Å². The van der Waals surface area contributed by atoms with E-state index in [1.54, 1.807) is 11.3 Å². The van der Waals surface area contributed by atoms with E-state index in [-0.39, 0.29) is 6.42 Å². The van der Waals surface area contributed by atoms with Crippen LogP contribution in [0.3, 0.4) is 0 Å². The molecule has 1 rings (SSSR count). The summed E-state index contributed by atoms with van der Waals surface area (Å²) < 4.78 is 2.18. The molecule has 0 saturated heterocycles. The van der Waals surface area contributed by atoms with E-state index in [0.29, 0.717) is 0 Å². The number of unbranched alkanes of at least 4 members (excludes halogenated alkanes) is 1. The monoisotopic (exact) mass is 340 g/mol. The highest BCUT2D eigenvalue weighted by Crippen LogP contribution is 2.33. The molecule has 0 aliphatic carbocycles. The maximum Gasteiger partial charge on any atom is 0.303 e. The zero-order valence-electron chi connectivity index (χ0n) is 7.43. The van der Waals surface area contributed by atoms with E-state index in [2.05, 4.69) is 37.9 Å². The van der Waals surface area contributed by atoms with Crippen LogP contribution in [-0.2, 0) is 11.2 Å². The predicted molar refractivity (Wildman–Crippen MR) is 64.9 cm³/mol. The van der Waals surface area contributed by atoms with E-state index < -0.39 is 5.97 Å². The lowest BCUT2D eigenvalue weighted by molar-refractivity contribution is -0.137.